The molecule has 3 heterocycles. The van der Waals surface area contributed by atoms with Gasteiger partial charge in [0.15, 0.2) is 17.1 Å². The van der Waals surface area contributed by atoms with Gasteiger partial charge in [0.25, 0.3) is 0 Å². The summed E-state index contributed by atoms with van der Waals surface area (Å²) in [6.07, 6.45) is 1.53. The Hall–Kier alpha value is -3.12. The Bertz CT molecular complexity index is 1090. The Morgan fingerprint density at radius 1 is 0.833 bits per heavy atom. The molecule has 4 aliphatic rings. The lowest BCUT2D eigenvalue weighted by atomic mass is 9.76. The van der Waals surface area contributed by atoms with E-state index in [-0.39, 0.29) is 30.1 Å². The van der Waals surface area contributed by atoms with Crippen LogP contribution in [0.5, 0.6) is 0 Å². The van der Waals surface area contributed by atoms with Crippen molar-refractivity contribution in [1.29, 1.82) is 0 Å². The van der Waals surface area contributed by atoms with E-state index in [1.807, 2.05) is 35.2 Å². The van der Waals surface area contributed by atoms with Crippen molar-refractivity contribution in [2.24, 2.45) is 11.8 Å². The van der Waals surface area contributed by atoms with Gasteiger partial charge < -0.3 is 0 Å². The van der Waals surface area contributed by atoms with Gasteiger partial charge in [-0.3, -0.25) is 29.0 Å². The zero-order valence-electron chi connectivity index (χ0n) is 16.3. The standard InChI is InChI=1S/C24H20N2O4/c27-20-15-9-4-5-10-16(15)21(28)24(20)19-18(17-11-6-12-26(17)24)22(29)25(23(19)30)13-14-7-2-1-3-8-14/h1-5,7-10,17-19H,6,11-13H2/t17-,18-,19+/m1/s1. The zero-order chi connectivity index (χ0) is 20.6. The van der Waals surface area contributed by atoms with Gasteiger partial charge in [0.2, 0.25) is 11.8 Å². The summed E-state index contributed by atoms with van der Waals surface area (Å²) in [6, 6.07) is 15.9. The van der Waals surface area contributed by atoms with E-state index in [1.54, 1.807) is 24.3 Å². The smallest absolute Gasteiger partial charge is 0.236 e. The summed E-state index contributed by atoms with van der Waals surface area (Å²) in [5.74, 6) is -2.84. The molecule has 0 N–H and O–H groups in total. The molecule has 150 valence electrons. The van der Waals surface area contributed by atoms with E-state index in [0.717, 1.165) is 18.4 Å². The average Bonchev–Trinajstić information content (AvgIpc) is 3.46. The van der Waals surface area contributed by atoms with E-state index in [2.05, 4.69) is 0 Å². The monoisotopic (exact) mass is 400 g/mol. The molecule has 2 aromatic rings. The lowest BCUT2D eigenvalue weighted by molar-refractivity contribution is -0.142. The molecule has 3 aliphatic heterocycles. The number of rotatable bonds is 2. The molecule has 2 amide bonds. The van der Waals surface area contributed by atoms with Crippen LogP contribution in [-0.2, 0) is 16.1 Å². The van der Waals surface area contributed by atoms with Crippen LogP contribution in [0.2, 0.25) is 0 Å². The highest BCUT2D eigenvalue weighted by atomic mass is 16.2. The number of nitrogens with zero attached hydrogens (tertiary/aromatic N) is 2. The summed E-state index contributed by atoms with van der Waals surface area (Å²) in [6.45, 7) is 0.728. The Kier molecular flexibility index (Phi) is 3.51. The number of amides is 2. The third kappa shape index (κ3) is 1.92. The third-order valence-electron chi connectivity index (χ3n) is 7.35. The summed E-state index contributed by atoms with van der Waals surface area (Å²) in [5.41, 5.74) is 0.0308. The Morgan fingerprint density at radius 3 is 2.13 bits per heavy atom. The lowest BCUT2D eigenvalue weighted by Gasteiger charge is -2.35. The van der Waals surface area contributed by atoms with Crippen molar-refractivity contribution in [2.45, 2.75) is 31.0 Å². The van der Waals surface area contributed by atoms with E-state index < -0.39 is 23.3 Å². The SMILES string of the molecule is O=C1[C@@H]2[C@H]3CCCN3C3(C(=O)c4ccccc4C3=O)[C@@H]2C(=O)N1Cc1ccccc1. The molecule has 0 saturated carbocycles. The van der Waals surface area contributed by atoms with Crippen LogP contribution in [0, 0.1) is 11.8 Å². The maximum Gasteiger partial charge on any atom is 0.236 e. The van der Waals surface area contributed by atoms with Crippen molar-refractivity contribution in [3.05, 3.63) is 71.3 Å². The quantitative estimate of drug-likeness (QED) is 0.570. The normalized spacial score (nSPS) is 29.1. The van der Waals surface area contributed by atoms with Crippen LogP contribution in [0.4, 0.5) is 0 Å². The molecular weight excluding hydrogens is 380 g/mol. The molecular formula is C24H20N2O4. The van der Waals surface area contributed by atoms with Crippen LogP contribution >= 0.6 is 0 Å². The van der Waals surface area contributed by atoms with Gasteiger partial charge >= 0.3 is 0 Å². The minimum Gasteiger partial charge on any atom is -0.291 e. The highest BCUT2D eigenvalue weighted by Crippen LogP contribution is 2.56. The summed E-state index contributed by atoms with van der Waals surface area (Å²) in [5, 5.41) is 0. The predicted octanol–water partition coefficient (Wildman–Crippen LogP) is 2.08. The largest absolute Gasteiger partial charge is 0.291 e. The van der Waals surface area contributed by atoms with E-state index in [9.17, 15) is 19.2 Å². The molecule has 2 aromatic carbocycles. The second-order valence-corrected chi connectivity index (χ2v) is 8.62. The Labute approximate surface area is 173 Å². The summed E-state index contributed by atoms with van der Waals surface area (Å²) in [7, 11) is 0. The number of carbonyl (C=O) groups is 4. The topological polar surface area (TPSA) is 74.8 Å². The van der Waals surface area contributed by atoms with Crippen molar-refractivity contribution in [2.75, 3.05) is 6.54 Å². The Balaban J connectivity index is 1.49. The number of imide groups is 1. The van der Waals surface area contributed by atoms with Gasteiger partial charge in [-0.25, -0.2) is 0 Å². The molecule has 3 saturated heterocycles. The first kappa shape index (κ1) is 17.7. The van der Waals surface area contributed by atoms with E-state index in [1.165, 1.54) is 4.90 Å². The summed E-state index contributed by atoms with van der Waals surface area (Å²) < 4.78 is 0. The summed E-state index contributed by atoms with van der Waals surface area (Å²) >= 11 is 0. The van der Waals surface area contributed by atoms with Crippen molar-refractivity contribution in [3.63, 3.8) is 0 Å². The average molecular weight is 400 g/mol. The van der Waals surface area contributed by atoms with Gasteiger partial charge in [-0.05, 0) is 24.9 Å². The second-order valence-electron chi connectivity index (χ2n) is 8.62. The molecule has 0 unspecified atom stereocenters. The van der Waals surface area contributed by atoms with Crippen LogP contribution in [0.15, 0.2) is 54.6 Å². The van der Waals surface area contributed by atoms with Gasteiger partial charge in [-0.1, -0.05) is 54.6 Å². The molecule has 0 aromatic heterocycles. The van der Waals surface area contributed by atoms with Crippen LogP contribution < -0.4 is 0 Å². The van der Waals surface area contributed by atoms with Gasteiger partial charge in [-0.2, -0.15) is 0 Å². The maximum atomic E-state index is 13.7. The number of fused-ring (bicyclic) bond motifs is 6. The first-order valence-corrected chi connectivity index (χ1v) is 10.4. The van der Waals surface area contributed by atoms with Gasteiger partial charge in [0.1, 0.15) is 0 Å². The first-order valence-electron chi connectivity index (χ1n) is 10.4. The Morgan fingerprint density at radius 2 is 1.47 bits per heavy atom. The number of ketones is 2. The number of hydrogen-bond acceptors (Lipinski definition) is 5. The lowest BCUT2D eigenvalue weighted by Crippen LogP contribution is -2.59. The van der Waals surface area contributed by atoms with Crippen LogP contribution in [0.1, 0.15) is 39.1 Å². The second kappa shape index (κ2) is 5.95. The minimum atomic E-state index is -1.56. The molecule has 30 heavy (non-hydrogen) atoms. The van der Waals surface area contributed by atoms with Gasteiger partial charge in [0.05, 0.1) is 18.4 Å². The maximum absolute atomic E-state index is 13.7. The molecule has 3 fully saturated rings. The minimum absolute atomic E-state index is 0.170. The van der Waals surface area contributed by atoms with E-state index >= 15 is 0 Å². The fourth-order valence-corrected chi connectivity index (χ4v) is 6.22. The highest BCUT2D eigenvalue weighted by molar-refractivity contribution is 6.35. The van der Waals surface area contributed by atoms with Gasteiger partial charge in [0, 0.05) is 17.2 Å². The zero-order valence-corrected chi connectivity index (χ0v) is 16.3. The summed E-state index contributed by atoms with van der Waals surface area (Å²) in [4.78, 5) is 57.6. The van der Waals surface area contributed by atoms with E-state index in [0.29, 0.717) is 17.7 Å². The molecule has 6 rings (SSSR count). The number of Topliss-reactive ketones (excluding diaryl/α,β-unsaturated/α-hetero) is 2. The van der Waals surface area contributed by atoms with Crippen LogP contribution in [0.3, 0.4) is 0 Å². The molecule has 3 atom stereocenters. The first-order chi connectivity index (χ1) is 14.6. The number of likely N-dealkylation sites (tertiary alicyclic amines) is 1. The van der Waals surface area contributed by atoms with Crippen LogP contribution in [-0.4, -0.2) is 51.3 Å². The van der Waals surface area contributed by atoms with Crippen molar-refractivity contribution < 1.29 is 19.2 Å². The molecule has 1 spiro atoms. The highest BCUT2D eigenvalue weighted by Gasteiger charge is 2.76. The van der Waals surface area contributed by atoms with Crippen molar-refractivity contribution in [3.8, 4) is 0 Å². The fraction of sp³-hybridized carbons (Fsp3) is 0.333. The number of benzene rings is 2. The molecule has 6 nitrogen and oxygen atoms in total. The third-order valence-corrected chi connectivity index (χ3v) is 7.35. The number of hydrogen-bond donors (Lipinski definition) is 0. The number of carbonyl (C=O) groups excluding carboxylic acids is 4. The predicted molar refractivity (Wildman–Crippen MR) is 107 cm³/mol. The van der Waals surface area contributed by atoms with E-state index in [4.69, 9.17) is 0 Å². The van der Waals surface area contributed by atoms with Crippen molar-refractivity contribution >= 4 is 23.4 Å². The molecule has 6 heteroatoms. The van der Waals surface area contributed by atoms with Crippen LogP contribution in [0.25, 0.3) is 0 Å². The fourth-order valence-electron chi connectivity index (χ4n) is 6.22. The molecule has 1 aliphatic carbocycles. The van der Waals surface area contributed by atoms with Crippen molar-refractivity contribution in [1.82, 2.24) is 9.80 Å². The molecule has 0 bridgehead atoms. The molecule has 0 radical (unpaired) electrons. The van der Waals surface area contributed by atoms with Gasteiger partial charge in [-0.15, -0.1) is 0 Å².